The standard InChI is InChI=1S/C14H16N2O3S/c1-8-11(13(17)19-3)12(16-14(20)15-8)9-5-4-6-10(7-9)18-2/h4-7,11-12H,1-3H3,(H,16,20). The van der Waals surface area contributed by atoms with Gasteiger partial charge < -0.3 is 14.8 Å². The summed E-state index contributed by atoms with van der Waals surface area (Å²) in [7, 11) is 2.97. The van der Waals surface area contributed by atoms with Gasteiger partial charge in [-0.1, -0.05) is 12.1 Å². The summed E-state index contributed by atoms with van der Waals surface area (Å²) in [6, 6.07) is 7.20. The van der Waals surface area contributed by atoms with Crippen LogP contribution in [0.4, 0.5) is 0 Å². The predicted octanol–water partition coefficient (Wildman–Crippen LogP) is 1.87. The molecule has 0 aromatic heterocycles. The molecule has 1 aliphatic heterocycles. The molecule has 2 rings (SSSR count). The number of carbonyl (C=O) groups excluding carboxylic acids is 1. The van der Waals surface area contributed by atoms with Crippen LogP contribution < -0.4 is 10.1 Å². The van der Waals surface area contributed by atoms with Crippen molar-refractivity contribution in [2.75, 3.05) is 14.2 Å². The van der Waals surface area contributed by atoms with E-state index in [2.05, 4.69) is 10.3 Å². The minimum Gasteiger partial charge on any atom is -0.497 e. The smallest absolute Gasteiger partial charge is 0.316 e. The van der Waals surface area contributed by atoms with Crippen LogP contribution in [0.15, 0.2) is 29.3 Å². The van der Waals surface area contributed by atoms with Crippen molar-refractivity contribution >= 4 is 29.0 Å². The van der Waals surface area contributed by atoms with Crippen molar-refractivity contribution in [1.82, 2.24) is 5.32 Å². The topological polar surface area (TPSA) is 59.9 Å². The monoisotopic (exact) mass is 292 g/mol. The van der Waals surface area contributed by atoms with E-state index in [9.17, 15) is 4.79 Å². The van der Waals surface area contributed by atoms with Crippen molar-refractivity contribution in [1.29, 1.82) is 0 Å². The van der Waals surface area contributed by atoms with Crippen LogP contribution in [0.3, 0.4) is 0 Å². The second-order valence-corrected chi connectivity index (χ2v) is 4.84. The molecule has 0 saturated carbocycles. The molecule has 0 bridgehead atoms. The number of benzene rings is 1. The first kappa shape index (κ1) is 14.5. The Hall–Kier alpha value is -1.95. The van der Waals surface area contributed by atoms with E-state index in [0.29, 0.717) is 10.8 Å². The number of nitrogens with zero attached hydrogens (tertiary/aromatic N) is 1. The molecule has 0 amide bonds. The van der Waals surface area contributed by atoms with Crippen LogP contribution >= 0.6 is 12.2 Å². The Morgan fingerprint density at radius 2 is 2.15 bits per heavy atom. The molecule has 2 atom stereocenters. The maximum atomic E-state index is 12.0. The fraction of sp³-hybridized carbons (Fsp3) is 0.357. The van der Waals surface area contributed by atoms with Gasteiger partial charge in [0, 0.05) is 5.71 Å². The fourth-order valence-corrected chi connectivity index (χ4v) is 2.53. The van der Waals surface area contributed by atoms with Gasteiger partial charge in [-0.05, 0) is 36.8 Å². The first-order chi connectivity index (χ1) is 9.56. The van der Waals surface area contributed by atoms with E-state index in [1.165, 1.54) is 7.11 Å². The molecule has 1 N–H and O–H groups in total. The minimum absolute atomic E-state index is 0.303. The molecule has 0 spiro atoms. The third-order valence-electron chi connectivity index (χ3n) is 3.25. The van der Waals surface area contributed by atoms with Gasteiger partial charge in [-0.3, -0.25) is 4.79 Å². The first-order valence-corrected chi connectivity index (χ1v) is 6.55. The van der Waals surface area contributed by atoms with Crippen molar-refractivity contribution in [3.63, 3.8) is 0 Å². The Kier molecular flexibility index (Phi) is 4.34. The molecule has 20 heavy (non-hydrogen) atoms. The lowest BCUT2D eigenvalue weighted by atomic mass is 9.88. The minimum atomic E-state index is -0.501. The van der Waals surface area contributed by atoms with Crippen molar-refractivity contribution in [3.05, 3.63) is 29.8 Å². The Morgan fingerprint density at radius 1 is 1.40 bits per heavy atom. The van der Waals surface area contributed by atoms with E-state index < -0.39 is 5.92 Å². The molecule has 0 radical (unpaired) electrons. The average Bonchev–Trinajstić information content (AvgIpc) is 2.45. The molecular weight excluding hydrogens is 276 g/mol. The molecule has 1 aliphatic rings. The number of carbonyl (C=O) groups is 1. The number of hydrogen-bond donors (Lipinski definition) is 1. The Balaban J connectivity index is 2.43. The van der Waals surface area contributed by atoms with Gasteiger partial charge in [-0.2, -0.15) is 0 Å². The van der Waals surface area contributed by atoms with E-state index in [0.717, 1.165) is 11.3 Å². The normalized spacial score (nSPS) is 21.8. The SMILES string of the molecule is COC(=O)C1C(C)=NC(=S)NC1c1cccc(OC)c1. The van der Waals surface area contributed by atoms with E-state index in [1.54, 1.807) is 14.0 Å². The van der Waals surface area contributed by atoms with Gasteiger partial charge in [0.1, 0.15) is 11.7 Å². The van der Waals surface area contributed by atoms with Crippen LogP contribution in [-0.2, 0) is 9.53 Å². The number of thiocarbonyl (C=S) groups is 1. The number of methoxy groups -OCH3 is 2. The maximum Gasteiger partial charge on any atom is 0.316 e. The number of nitrogens with one attached hydrogen (secondary N) is 1. The highest BCUT2D eigenvalue weighted by Gasteiger charge is 2.36. The van der Waals surface area contributed by atoms with Crippen molar-refractivity contribution < 1.29 is 14.3 Å². The Labute approximate surface area is 123 Å². The highest BCUT2D eigenvalue weighted by molar-refractivity contribution is 7.80. The summed E-state index contributed by atoms with van der Waals surface area (Å²) < 4.78 is 10.1. The summed E-state index contributed by atoms with van der Waals surface area (Å²) in [4.78, 5) is 16.2. The summed E-state index contributed by atoms with van der Waals surface area (Å²) in [6.45, 7) is 1.78. The average molecular weight is 292 g/mol. The molecule has 5 nitrogen and oxygen atoms in total. The van der Waals surface area contributed by atoms with Gasteiger partial charge >= 0.3 is 5.97 Å². The molecule has 1 heterocycles. The molecule has 0 aliphatic carbocycles. The number of aliphatic imine (C=N–C) groups is 1. The van der Waals surface area contributed by atoms with E-state index in [-0.39, 0.29) is 12.0 Å². The van der Waals surface area contributed by atoms with Crippen LogP contribution in [0.2, 0.25) is 0 Å². The van der Waals surface area contributed by atoms with Crippen LogP contribution in [0.5, 0.6) is 5.75 Å². The quantitative estimate of drug-likeness (QED) is 0.681. The van der Waals surface area contributed by atoms with Crippen LogP contribution in [0, 0.1) is 5.92 Å². The number of ether oxygens (including phenoxy) is 2. The van der Waals surface area contributed by atoms with Gasteiger partial charge in [0.2, 0.25) is 0 Å². The van der Waals surface area contributed by atoms with Crippen LogP contribution in [0.25, 0.3) is 0 Å². The third kappa shape index (κ3) is 2.80. The molecule has 1 aromatic rings. The Morgan fingerprint density at radius 3 is 2.80 bits per heavy atom. The first-order valence-electron chi connectivity index (χ1n) is 6.14. The zero-order valence-electron chi connectivity index (χ0n) is 11.5. The lowest BCUT2D eigenvalue weighted by Gasteiger charge is -2.30. The summed E-state index contributed by atoms with van der Waals surface area (Å²) >= 11 is 5.11. The van der Waals surface area contributed by atoms with E-state index in [4.69, 9.17) is 21.7 Å². The molecule has 106 valence electrons. The number of hydrogen-bond acceptors (Lipinski definition) is 4. The highest BCUT2D eigenvalue weighted by Crippen LogP contribution is 2.29. The summed E-state index contributed by atoms with van der Waals surface area (Å²) in [5.74, 6) is -0.119. The fourth-order valence-electron chi connectivity index (χ4n) is 2.26. The number of rotatable bonds is 3. The number of esters is 1. The van der Waals surface area contributed by atoms with Gasteiger partial charge in [0.15, 0.2) is 5.11 Å². The van der Waals surface area contributed by atoms with Crippen LogP contribution in [-0.4, -0.2) is 31.0 Å². The van der Waals surface area contributed by atoms with Crippen molar-refractivity contribution in [3.8, 4) is 5.75 Å². The molecule has 1 aromatic carbocycles. The lowest BCUT2D eigenvalue weighted by Crippen LogP contribution is -2.43. The second-order valence-electron chi connectivity index (χ2n) is 4.46. The summed E-state index contributed by atoms with van der Waals surface area (Å²) in [6.07, 6.45) is 0. The zero-order chi connectivity index (χ0) is 14.7. The van der Waals surface area contributed by atoms with Gasteiger partial charge in [0.25, 0.3) is 0 Å². The lowest BCUT2D eigenvalue weighted by molar-refractivity contribution is -0.143. The predicted molar refractivity (Wildman–Crippen MR) is 80.1 cm³/mol. The zero-order valence-corrected chi connectivity index (χ0v) is 12.4. The molecule has 6 heteroatoms. The molecule has 0 saturated heterocycles. The third-order valence-corrected chi connectivity index (χ3v) is 3.46. The molecule has 2 unspecified atom stereocenters. The highest BCUT2D eigenvalue weighted by atomic mass is 32.1. The Bertz CT molecular complexity index is 571. The van der Waals surface area contributed by atoms with Gasteiger partial charge in [0.05, 0.1) is 20.3 Å². The summed E-state index contributed by atoms with van der Waals surface area (Å²) in [5, 5.41) is 3.44. The van der Waals surface area contributed by atoms with Crippen molar-refractivity contribution in [2.24, 2.45) is 10.9 Å². The van der Waals surface area contributed by atoms with Gasteiger partial charge in [-0.15, -0.1) is 0 Å². The van der Waals surface area contributed by atoms with Crippen molar-refractivity contribution in [2.45, 2.75) is 13.0 Å². The largest absolute Gasteiger partial charge is 0.497 e. The van der Waals surface area contributed by atoms with Crippen LogP contribution in [0.1, 0.15) is 18.5 Å². The summed E-state index contributed by atoms with van der Waals surface area (Å²) in [5.41, 5.74) is 1.55. The maximum absolute atomic E-state index is 12.0. The van der Waals surface area contributed by atoms with Gasteiger partial charge in [-0.25, -0.2) is 4.99 Å². The van der Waals surface area contributed by atoms with E-state index in [1.807, 2.05) is 24.3 Å². The second kappa shape index (κ2) is 6.00. The van der Waals surface area contributed by atoms with E-state index >= 15 is 0 Å². The molecular formula is C14H16N2O3S. The molecule has 0 fully saturated rings.